The first-order valence-electron chi connectivity index (χ1n) is 12.6. The molecule has 0 saturated carbocycles. The van der Waals surface area contributed by atoms with Crippen LogP contribution in [0.2, 0.25) is 0 Å². The Hall–Kier alpha value is -3.21. The van der Waals surface area contributed by atoms with Gasteiger partial charge in [-0.2, -0.15) is 4.31 Å². The number of hydrogen-bond donors (Lipinski definition) is 1. The molecule has 202 valence electrons. The highest BCUT2D eigenvalue weighted by Crippen LogP contribution is 2.27. The van der Waals surface area contributed by atoms with E-state index >= 15 is 0 Å². The molecule has 1 heterocycles. The summed E-state index contributed by atoms with van der Waals surface area (Å²) in [5, 5.41) is 2.71. The molecule has 0 spiro atoms. The first-order valence-corrected chi connectivity index (χ1v) is 15.5. The minimum atomic E-state index is -4.03. The fourth-order valence-corrected chi connectivity index (χ4v) is 7.46. The lowest BCUT2D eigenvalue weighted by atomic mass is 10.2. The number of hydrogen-bond acceptors (Lipinski definition) is 5. The molecular weight excluding hydrogens is 522 g/mol. The Kier molecular flexibility index (Phi) is 8.54. The molecule has 0 aromatic heterocycles. The van der Waals surface area contributed by atoms with E-state index < -0.39 is 32.5 Å². The number of sulfonamides is 2. The fraction of sp³-hybridized carbons (Fsp3) is 0.321. The van der Waals surface area contributed by atoms with Crippen molar-refractivity contribution >= 4 is 37.3 Å². The average Bonchev–Trinajstić information content (AvgIpc) is 3.19. The summed E-state index contributed by atoms with van der Waals surface area (Å²) < 4.78 is 55.9. The summed E-state index contributed by atoms with van der Waals surface area (Å²) >= 11 is 0. The third-order valence-corrected chi connectivity index (χ3v) is 10.3. The number of carbonyl (C=O) groups excluding carboxylic acids is 1. The van der Waals surface area contributed by atoms with Crippen LogP contribution in [0.15, 0.2) is 82.6 Å². The monoisotopic (exact) mass is 555 g/mol. The van der Waals surface area contributed by atoms with Gasteiger partial charge in [0, 0.05) is 18.8 Å². The molecule has 3 aromatic carbocycles. The molecule has 1 saturated heterocycles. The Labute approximate surface area is 225 Å². The standard InChI is InChI=1S/C28H33N3O5S2/c1-22-11-15-26(16-12-22)38(35,36)31(27-10-6-5-9-23(27)2)21-28(32)29-24-13-17-25(18-14-24)37(33,34)30-19-7-3-4-8-20-30/h5-6,9-18H,3-4,7-8,19-21H2,1-2H3,(H,29,32). The normalized spacial score (nSPS) is 15.0. The zero-order valence-corrected chi connectivity index (χ0v) is 23.3. The molecule has 1 aliphatic heterocycles. The summed E-state index contributed by atoms with van der Waals surface area (Å²) in [5.74, 6) is -0.549. The molecule has 8 nitrogen and oxygen atoms in total. The molecule has 1 amide bonds. The quantitative estimate of drug-likeness (QED) is 0.434. The van der Waals surface area contributed by atoms with E-state index in [4.69, 9.17) is 0 Å². The van der Waals surface area contributed by atoms with Gasteiger partial charge in [0.2, 0.25) is 15.9 Å². The number of rotatable bonds is 8. The summed E-state index contributed by atoms with van der Waals surface area (Å²) in [6.45, 7) is 4.21. The molecule has 0 unspecified atom stereocenters. The van der Waals surface area contributed by atoms with Crippen LogP contribution < -0.4 is 9.62 Å². The van der Waals surface area contributed by atoms with Crippen LogP contribution in [-0.2, 0) is 24.8 Å². The Morgan fingerprint density at radius 2 is 1.37 bits per heavy atom. The topological polar surface area (TPSA) is 104 Å². The highest BCUT2D eigenvalue weighted by molar-refractivity contribution is 7.92. The zero-order valence-electron chi connectivity index (χ0n) is 21.6. The predicted octanol–water partition coefficient (Wildman–Crippen LogP) is 4.70. The predicted molar refractivity (Wildman–Crippen MR) is 149 cm³/mol. The largest absolute Gasteiger partial charge is 0.325 e. The fourth-order valence-electron chi connectivity index (χ4n) is 4.45. The molecule has 38 heavy (non-hydrogen) atoms. The highest BCUT2D eigenvalue weighted by atomic mass is 32.2. The average molecular weight is 556 g/mol. The van der Waals surface area contributed by atoms with E-state index in [0.717, 1.165) is 35.6 Å². The molecule has 0 bridgehead atoms. The lowest BCUT2D eigenvalue weighted by Gasteiger charge is -2.25. The number of benzene rings is 3. The van der Waals surface area contributed by atoms with Crippen molar-refractivity contribution in [3.63, 3.8) is 0 Å². The van der Waals surface area contributed by atoms with Crippen LogP contribution in [0.3, 0.4) is 0 Å². The smallest absolute Gasteiger partial charge is 0.264 e. The van der Waals surface area contributed by atoms with Gasteiger partial charge < -0.3 is 5.32 Å². The summed E-state index contributed by atoms with van der Waals surface area (Å²) in [4.78, 5) is 13.3. The molecule has 0 radical (unpaired) electrons. The Morgan fingerprint density at radius 3 is 1.97 bits per heavy atom. The van der Waals surface area contributed by atoms with Gasteiger partial charge in [0.25, 0.3) is 10.0 Å². The number of para-hydroxylation sites is 1. The van der Waals surface area contributed by atoms with Gasteiger partial charge in [-0.1, -0.05) is 48.7 Å². The zero-order chi connectivity index (χ0) is 27.3. The van der Waals surface area contributed by atoms with E-state index in [0.29, 0.717) is 30.0 Å². The molecule has 0 aliphatic carbocycles. The van der Waals surface area contributed by atoms with E-state index in [1.807, 2.05) is 6.92 Å². The maximum atomic E-state index is 13.6. The summed E-state index contributed by atoms with van der Waals surface area (Å²) in [5.41, 5.74) is 2.41. The van der Waals surface area contributed by atoms with Crippen LogP contribution in [0.5, 0.6) is 0 Å². The van der Waals surface area contributed by atoms with Crippen molar-refractivity contribution in [2.75, 3.05) is 29.3 Å². The number of nitrogens with one attached hydrogen (secondary N) is 1. The van der Waals surface area contributed by atoms with Crippen LogP contribution >= 0.6 is 0 Å². The molecule has 1 aliphatic rings. The number of amides is 1. The van der Waals surface area contributed by atoms with Crippen molar-refractivity contribution < 1.29 is 21.6 Å². The van der Waals surface area contributed by atoms with Crippen LogP contribution in [0.1, 0.15) is 36.8 Å². The van der Waals surface area contributed by atoms with Gasteiger partial charge in [-0.15, -0.1) is 0 Å². The number of aryl methyl sites for hydroxylation is 2. The summed E-state index contributed by atoms with van der Waals surface area (Å²) in [7, 11) is -7.64. The van der Waals surface area contributed by atoms with Gasteiger partial charge in [0.15, 0.2) is 0 Å². The Balaban J connectivity index is 1.54. The number of anilines is 2. The lowest BCUT2D eigenvalue weighted by molar-refractivity contribution is -0.114. The second kappa shape index (κ2) is 11.7. The Bertz CT molecular complexity index is 1480. The van der Waals surface area contributed by atoms with Crippen LogP contribution in [0, 0.1) is 13.8 Å². The van der Waals surface area contributed by atoms with Gasteiger partial charge in [0.05, 0.1) is 15.5 Å². The van der Waals surface area contributed by atoms with Gasteiger partial charge in [-0.3, -0.25) is 9.10 Å². The molecule has 3 aromatic rings. The van der Waals surface area contributed by atoms with Crippen LogP contribution in [-0.4, -0.2) is 46.7 Å². The van der Waals surface area contributed by atoms with E-state index in [1.54, 1.807) is 43.3 Å². The lowest BCUT2D eigenvalue weighted by Crippen LogP contribution is -2.38. The minimum absolute atomic E-state index is 0.0854. The third-order valence-electron chi connectivity index (χ3n) is 6.62. The van der Waals surface area contributed by atoms with Gasteiger partial charge in [-0.05, 0) is 74.7 Å². The third kappa shape index (κ3) is 6.25. The van der Waals surface area contributed by atoms with Crippen molar-refractivity contribution in [2.24, 2.45) is 0 Å². The first-order chi connectivity index (χ1) is 18.1. The molecule has 10 heteroatoms. The second-order valence-corrected chi connectivity index (χ2v) is 13.3. The van der Waals surface area contributed by atoms with E-state index in [-0.39, 0.29) is 9.79 Å². The van der Waals surface area contributed by atoms with Crippen molar-refractivity contribution in [3.05, 3.63) is 83.9 Å². The van der Waals surface area contributed by atoms with Gasteiger partial charge >= 0.3 is 0 Å². The van der Waals surface area contributed by atoms with Crippen molar-refractivity contribution in [2.45, 2.75) is 49.3 Å². The molecule has 0 atom stereocenters. The molecule has 1 N–H and O–H groups in total. The summed E-state index contributed by atoms with van der Waals surface area (Å²) in [6, 6.07) is 19.4. The second-order valence-electron chi connectivity index (χ2n) is 9.50. The van der Waals surface area contributed by atoms with Crippen molar-refractivity contribution in [1.82, 2.24) is 4.31 Å². The number of carbonyl (C=O) groups is 1. The van der Waals surface area contributed by atoms with Gasteiger partial charge in [-0.25, -0.2) is 16.8 Å². The molecule has 1 fully saturated rings. The summed E-state index contributed by atoms with van der Waals surface area (Å²) in [6.07, 6.45) is 3.73. The minimum Gasteiger partial charge on any atom is -0.325 e. The Morgan fingerprint density at radius 1 is 0.789 bits per heavy atom. The molecule has 4 rings (SSSR count). The maximum absolute atomic E-state index is 13.6. The number of nitrogens with zero attached hydrogens (tertiary/aromatic N) is 2. The van der Waals surface area contributed by atoms with E-state index in [2.05, 4.69) is 5.32 Å². The van der Waals surface area contributed by atoms with Gasteiger partial charge in [0.1, 0.15) is 6.54 Å². The SMILES string of the molecule is Cc1ccc(S(=O)(=O)N(CC(=O)Nc2ccc(S(=O)(=O)N3CCCCCC3)cc2)c2ccccc2C)cc1. The highest BCUT2D eigenvalue weighted by Gasteiger charge is 2.29. The maximum Gasteiger partial charge on any atom is 0.264 e. The van der Waals surface area contributed by atoms with E-state index in [9.17, 15) is 21.6 Å². The van der Waals surface area contributed by atoms with Crippen LogP contribution in [0.25, 0.3) is 0 Å². The van der Waals surface area contributed by atoms with Crippen LogP contribution in [0.4, 0.5) is 11.4 Å². The molecular formula is C28H33N3O5S2. The van der Waals surface area contributed by atoms with E-state index in [1.165, 1.54) is 40.7 Å². The van der Waals surface area contributed by atoms with Crippen molar-refractivity contribution in [1.29, 1.82) is 0 Å². The first kappa shape index (κ1) is 27.8. The van der Waals surface area contributed by atoms with Crippen molar-refractivity contribution in [3.8, 4) is 0 Å².